The van der Waals surface area contributed by atoms with Crippen molar-refractivity contribution in [2.45, 2.75) is 11.3 Å². The number of methoxy groups -OCH3 is 1. The normalized spacial score (nSPS) is 10.5. The second-order valence-corrected chi connectivity index (χ2v) is 6.33. The molecule has 0 unspecified atom stereocenters. The Bertz CT molecular complexity index is 922. The van der Waals surface area contributed by atoms with Crippen LogP contribution >= 0.6 is 11.8 Å². The first-order valence-corrected chi connectivity index (χ1v) is 9.08. The fourth-order valence-electron chi connectivity index (χ4n) is 2.47. The smallest absolute Gasteiger partial charge is 0.273 e. The van der Waals surface area contributed by atoms with E-state index < -0.39 is 5.91 Å². The van der Waals surface area contributed by atoms with E-state index in [2.05, 4.69) is 20.8 Å². The summed E-state index contributed by atoms with van der Waals surface area (Å²) in [5.74, 6) is 0.144. The third-order valence-electron chi connectivity index (χ3n) is 3.74. The van der Waals surface area contributed by atoms with Gasteiger partial charge in [-0.05, 0) is 36.6 Å². The van der Waals surface area contributed by atoms with Gasteiger partial charge in [0.15, 0.2) is 0 Å². The van der Waals surface area contributed by atoms with Crippen LogP contribution in [0.4, 0.5) is 0 Å². The van der Waals surface area contributed by atoms with Gasteiger partial charge in [0.2, 0.25) is 5.91 Å². The highest BCUT2D eigenvalue weighted by Gasteiger charge is 2.14. The first kappa shape index (κ1) is 17.8. The molecule has 0 saturated carbocycles. The molecule has 0 spiro atoms. The van der Waals surface area contributed by atoms with Crippen LogP contribution in [0.25, 0.3) is 11.0 Å². The molecule has 3 N–H and O–H groups in total. The largest absolute Gasteiger partial charge is 0.496 e. The van der Waals surface area contributed by atoms with Gasteiger partial charge in [0.25, 0.3) is 5.91 Å². The molecule has 0 aliphatic rings. The van der Waals surface area contributed by atoms with Gasteiger partial charge in [-0.1, -0.05) is 12.1 Å². The molecule has 3 rings (SSSR count). The van der Waals surface area contributed by atoms with E-state index in [-0.39, 0.29) is 12.3 Å². The number of hydrogen-bond donors (Lipinski definition) is 3. The third-order valence-corrected chi connectivity index (χ3v) is 4.46. The summed E-state index contributed by atoms with van der Waals surface area (Å²) in [4.78, 5) is 32.7. The van der Waals surface area contributed by atoms with Gasteiger partial charge >= 0.3 is 0 Å². The Hall–Kier alpha value is -3.00. The number of para-hydroxylation sites is 2. The lowest BCUT2D eigenvalue weighted by atomic mass is 10.2. The zero-order chi connectivity index (χ0) is 18.5. The van der Waals surface area contributed by atoms with E-state index in [0.29, 0.717) is 17.1 Å². The van der Waals surface area contributed by atoms with Gasteiger partial charge in [-0.3, -0.25) is 20.4 Å². The van der Waals surface area contributed by atoms with Crippen molar-refractivity contribution < 1.29 is 14.3 Å². The molecule has 1 aromatic heterocycles. The minimum absolute atomic E-state index is 0.0253. The van der Waals surface area contributed by atoms with Crippen molar-refractivity contribution >= 4 is 34.6 Å². The van der Waals surface area contributed by atoms with E-state index in [1.807, 2.05) is 36.6 Å². The molecule has 1 heterocycles. The Morgan fingerprint density at radius 3 is 2.73 bits per heavy atom. The lowest BCUT2D eigenvalue weighted by Crippen LogP contribution is -2.42. The standard InChI is InChI=1S/C18H18N4O3S/c1-25-15-9-11(26-2)7-8-12(15)18(24)22-21-17(23)10-16-19-13-5-3-4-6-14(13)20-16/h3-9H,10H2,1-2H3,(H,19,20)(H,21,23)(H,22,24). The predicted octanol–water partition coefficient (Wildman–Crippen LogP) is 2.30. The number of fused-ring (bicyclic) bond motifs is 1. The average molecular weight is 370 g/mol. The van der Waals surface area contributed by atoms with Crippen LogP contribution in [-0.2, 0) is 11.2 Å². The number of carbonyl (C=O) groups excluding carboxylic acids is 2. The number of hydrogen-bond acceptors (Lipinski definition) is 5. The summed E-state index contributed by atoms with van der Waals surface area (Å²) >= 11 is 1.55. The highest BCUT2D eigenvalue weighted by atomic mass is 32.2. The SMILES string of the molecule is COc1cc(SC)ccc1C(=O)NNC(=O)Cc1nc2ccccc2[nH]1. The molecular weight excluding hydrogens is 352 g/mol. The van der Waals surface area contributed by atoms with Crippen molar-refractivity contribution in [1.29, 1.82) is 0 Å². The van der Waals surface area contributed by atoms with E-state index >= 15 is 0 Å². The lowest BCUT2D eigenvalue weighted by Gasteiger charge is -2.11. The number of hydrazine groups is 1. The first-order valence-electron chi connectivity index (χ1n) is 7.85. The van der Waals surface area contributed by atoms with Crippen LogP contribution in [0.5, 0.6) is 5.75 Å². The minimum atomic E-state index is -0.451. The van der Waals surface area contributed by atoms with E-state index in [0.717, 1.165) is 15.9 Å². The number of aromatic nitrogens is 2. The molecule has 3 aromatic rings. The Balaban J connectivity index is 1.61. The molecule has 2 amide bonds. The Labute approximate surface area is 154 Å². The number of H-pyrrole nitrogens is 1. The quantitative estimate of drug-likeness (QED) is 0.473. The molecule has 0 bridgehead atoms. The Kier molecular flexibility index (Phi) is 5.43. The Morgan fingerprint density at radius 2 is 2.00 bits per heavy atom. The molecular formula is C18H18N4O3S. The lowest BCUT2D eigenvalue weighted by molar-refractivity contribution is -0.121. The van der Waals surface area contributed by atoms with Crippen molar-refractivity contribution in [2.75, 3.05) is 13.4 Å². The summed E-state index contributed by atoms with van der Waals surface area (Å²) in [5.41, 5.74) is 6.78. The van der Waals surface area contributed by atoms with Gasteiger partial charge < -0.3 is 9.72 Å². The van der Waals surface area contributed by atoms with Crippen molar-refractivity contribution in [3.8, 4) is 5.75 Å². The molecule has 134 valence electrons. The summed E-state index contributed by atoms with van der Waals surface area (Å²) in [6, 6.07) is 12.8. The van der Waals surface area contributed by atoms with Crippen LogP contribution in [0, 0.1) is 0 Å². The van der Waals surface area contributed by atoms with Crippen LogP contribution in [0.15, 0.2) is 47.4 Å². The van der Waals surface area contributed by atoms with Crippen LogP contribution < -0.4 is 15.6 Å². The van der Waals surface area contributed by atoms with Gasteiger partial charge in [-0.2, -0.15) is 0 Å². The van der Waals surface area contributed by atoms with Gasteiger partial charge in [0, 0.05) is 4.90 Å². The van der Waals surface area contributed by atoms with Crippen LogP contribution in [0.1, 0.15) is 16.2 Å². The van der Waals surface area contributed by atoms with Crippen LogP contribution in [0.2, 0.25) is 0 Å². The molecule has 0 aliphatic heterocycles. The minimum Gasteiger partial charge on any atom is -0.496 e. The molecule has 0 fully saturated rings. The number of imidazole rings is 1. The molecule has 8 heteroatoms. The van der Waals surface area contributed by atoms with Crippen LogP contribution in [0.3, 0.4) is 0 Å². The number of aromatic amines is 1. The number of ether oxygens (including phenoxy) is 1. The van der Waals surface area contributed by atoms with Crippen molar-refractivity contribution in [3.63, 3.8) is 0 Å². The van der Waals surface area contributed by atoms with Crippen molar-refractivity contribution in [2.24, 2.45) is 0 Å². The molecule has 0 saturated heterocycles. The number of rotatable bonds is 5. The highest BCUT2D eigenvalue weighted by Crippen LogP contribution is 2.25. The number of amides is 2. The molecule has 7 nitrogen and oxygen atoms in total. The molecule has 0 radical (unpaired) electrons. The molecule has 2 aromatic carbocycles. The topological polar surface area (TPSA) is 96.1 Å². The van der Waals surface area contributed by atoms with Crippen molar-refractivity contribution in [1.82, 2.24) is 20.8 Å². The van der Waals surface area contributed by atoms with E-state index in [4.69, 9.17) is 4.74 Å². The predicted molar refractivity (Wildman–Crippen MR) is 100 cm³/mol. The summed E-state index contributed by atoms with van der Waals surface area (Å²) < 4.78 is 5.24. The van der Waals surface area contributed by atoms with Gasteiger partial charge in [0.05, 0.1) is 30.1 Å². The Morgan fingerprint density at radius 1 is 1.19 bits per heavy atom. The summed E-state index contributed by atoms with van der Waals surface area (Å²) in [6.45, 7) is 0. The highest BCUT2D eigenvalue weighted by molar-refractivity contribution is 7.98. The molecule has 0 atom stereocenters. The summed E-state index contributed by atoms with van der Waals surface area (Å²) in [6.07, 6.45) is 1.96. The van der Waals surface area contributed by atoms with E-state index in [1.165, 1.54) is 7.11 Å². The number of nitrogens with zero attached hydrogens (tertiary/aromatic N) is 1. The maximum absolute atomic E-state index is 12.3. The second-order valence-electron chi connectivity index (χ2n) is 5.45. The molecule has 0 aliphatic carbocycles. The summed E-state index contributed by atoms with van der Waals surface area (Å²) in [5, 5.41) is 0. The zero-order valence-corrected chi connectivity index (χ0v) is 15.1. The van der Waals surface area contributed by atoms with Gasteiger partial charge in [0.1, 0.15) is 11.6 Å². The number of carbonyl (C=O) groups is 2. The maximum Gasteiger partial charge on any atom is 0.273 e. The monoisotopic (exact) mass is 370 g/mol. The van der Waals surface area contributed by atoms with E-state index in [9.17, 15) is 9.59 Å². The van der Waals surface area contributed by atoms with Crippen LogP contribution in [-0.4, -0.2) is 35.1 Å². The second kappa shape index (κ2) is 7.92. The van der Waals surface area contributed by atoms with Gasteiger partial charge in [-0.15, -0.1) is 11.8 Å². The number of benzene rings is 2. The first-order chi connectivity index (χ1) is 12.6. The number of nitrogens with one attached hydrogen (secondary N) is 3. The zero-order valence-electron chi connectivity index (χ0n) is 14.3. The fraction of sp³-hybridized carbons (Fsp3) is 0.167. The third kappa shape index (κ3) is 3.97. The average Bonchev–Trinajstić information content (AvgIpc) is 3.07. The van der Waals surface area contributed by atoms with Gasteiger partial charge in [-0.25, -0.2) is 4.98 Å². The molecule has 26 heavy (non-hydrogen) atoms. The van der Waals surface area contributed by atoms with Crippen molar-refractivity contribution in [3.05, 3.63) is 53.9 Å². The van der Waals surface area contributed by atoms with E-state index in [1.54, 1.807) is 23.9 Å². The fourth-order valence-corrected chi connectivity index (χ4v) is 2.89. The maximum atomic E-state index is 12.3. The summed E-state index contributed by atoms with van der Waals surface area (Å²) in [7, 11) is 1.50. The number of thioether (sulfide) groups is 1.